The van der Waals surface area contributed by atoms with Crippen LogP contribution in [0.3, 0.4) is 0 Å². The zero-order valence-electron chi connectivity index (χ0n) is 9.32. The number of nitrogens with zero attached hydrogens (tertiary/aromatic N) is 2. The van der Waals surface area contributed by atoms with E-state index in [9.17, 15) is 9.50 Å². The summed E-state index contributed by atoms with van der Waals surface area (Å²) in [7, 11) is 0. The molecule has 0 bridgehead atoms. The van der Waals surface area contributed by atoms with Crippen LogP contribution in [0.15, 0.2) is 12.3 Å². The highest BCUT2D eigenvalue weighted by molar-refractivity contribution is 5.86. The number of anilines is 1. The number of ether oxygens (including phenoxy) is 1. The molecule has 0 saturated carbocycles. The Bertz CT molecular complexity index is 568. The number of fused-ring (bicyclic) bond motifs is 1. The molecule has 8 heteroatoms. The fraction of sp³-hybridized carbons (Fsp3) is 0.500. The predicted octanol–water partition coefficient (Wildman–Crippen LogP) is -0.465. The Morgan fingerprint density at radius 3 is 3.06 bits per heavy atom. The van der Waals surface area contributed by atoms with Gasteiger partial charge in [0.1, 0.15) is 17.9 Å². The smallest absolute Gasteiger partial charge is 0.173 e. The number of aliphatic hydroxyl groups excluding tert-OH is 2. The normalized spacial score (nSPS) is 32.4. The van der Waals surface area contributed by atoms with Crippen molar-refractivity contribution < 1.29 is 19.3 Å². The molecule has 1 aliphatic rings. The Kier molecular flexibility index (Phi) is 2.51. The summed E-state index contributed by atoms with van der Waals surface area (Å²) in [5, 5.41) is 25.7. The zero-order chi connectivity index (χ0) is 12.9. The van der Waals surface area contributed by atoms with Crippen molar-refractivity contribution in [3.8, 4) is 0 Å². The van der Waals surface area contributed by atoms with Crippen LogP contribution < -0.4 is 5.73 Å². The first-order valence-electron chi connectivity index (χ1n) is 5.52. The number of aromatic nitrogens is 3. The van der Waals surface area contributed by atoms with E-state index < -0.39 is 31.2 Å². The van der Waals surface area contributed by atoms with Gasteiger partial charge in [0.15, 0.2) is 18.2 Å². The molecule has 1 saturated heterocycles. The molecule has 3 heterocycles. The average molecular weight is 256 g/mol. The quantitative estimate of drug-likeness (QED) is 0.581. The second kappa shape index (κ2) is 3.94. The molecule has 2 aromatic rings. The Labute approximate surface area is 101 Å². The third kappa shape index (κ3) is 1.43. The molecule has 1 fully saturated rings. The molecule has 1 aliphatic heterocycles. The van der Waals surface area contributed by atoms with Gasteiger partial charge >= 0.3 is 0 Å². The minimum absolute atomic E-state index is 0.316. The second-order valence-corrected chi connectivity index (χ2v) is 4.28. The average Bonchev–Trinajstić information content (AvgIpc) is 3.00. The molecule has 0 radical (unpaired) electrons. The largest absolute Gasteiger partial charge is 0.394 e. The summed E-state index contributed by atoms with van der Waals surface area (Å²) < 4.78 is 20.7. The van der Waals surface area contributed by atoms with E-state index in [-0.39, 0.29) is 0 Å². The maximum atomic E-state index is 13.9. The van der Waals surface area contributed by atoms with E-state index in [1.807, 2.05) is 0 Å². The van der Waals surface area contributed by atoms with Crippen molar-refractivity contribution >= 4 is 16.9 Å². The van der Waals surface area contributed by atoms with Gasteiger partial charge in [-0.2, -0.15) is 5.10 Å². The highest BCUT2D eigenvalue weighted by atomic mass is 19.1. The molecule has 5 N–H and O–H groups in total. The molecule has 0 amide bonds. The van der Waals surface area contributed by atoms with E-state index in [1.54, 1.807) is 12.3 Å². The zero-order valence-corrected chi connectivity index (χ0v) is 9.32. The monoisotopic (exact) mass is 256 g/mol. The first kappa shape index (κ1) is 11.5. The van der Waals surface area contributed by atoms with Gasteiger partial charge in [0, 0.05) is 6.20 Å². The van der Waals surface area contributed by atoms with Gasteiger partial charge in [-0.05, 0) is 6.07 Å². The second-order valence-electron chi connectivity index (χ2n) is 4.28. The molecule has 3 rings (SSSR count). The summed E-state index contributed by atoms with van der Waals surface area (Å²) in [6, 6.07) is 1.68. The summed E-state index contributed by atoms with van der Waals surface area (Å²) in [5.74, 6) is 0.316. The molecule has 2 aromatic heterocycles. The van der Waals surface area contributed by atoms with E-state index in [4.69, 9.17) is 15.6 Å². The summed E-state index contributed by atoms with van der Waals surface area (Å²) in [5.41, 5.74) is 6.14. The van der Waals surface area contributed by atoms with Gasteiger partial charge < -0.3 is 25.3 Å². The van der Waals surface area contributed by atoms with Gasteiger partial charge in [-0.1, -0.05) is 0 Å². The van der Waals surface area contributed by atoms with E-state index in [2.05, 4.69) is 10.2 Å². The number of alkyl halides is 1. The third-order valence-corrected chi connectivity index (χ3v) is 3.22. The van der Waals surface area contributed by atoms with Crippen LogP contribution >= 0.6 is 0 Å². The molecule has 0 aliphatic carbocycles. The third-order valence-electron chi connectivity index (χ3n) is 3.22. The van der Waals surface area contributed by atoms with Crippen LogP contribution in [0.1, 0.15) is 6.23 Å². The van der Waals surface area contributed by atoms with Gasteiger partial charge in [0.2, 0.25) is 0 Å². The fourth-order valence-electron chi connectivity index (χ4n) is 2.24. The summed E-state index contributed by atoms with van der Waals surface area (Å²) in [6.07, 6.45) is -3.31. The maximum absolute atomic E-state index is 13.9. The van der Waals surface area contributed by atoms with Crippen molar-refractivity contribution in [1.29, 1.82) is 0 Å². The lowest BCUT2D eigenvalue weighted by atomic mass is 10.1. The van der Waals surface area contributed by atoms with E-state index in [0.29, 0.717) is 16.9 Å². The molecule has 18 heavy (non-hydrogen) atoms. The van der Waals surface area contributed by atoms with Crippen LogP contribution in [0.5, 0.6) is 0 Å². The molecule has 4 atom stereocenters. The van der Waals surface area contributed by atoms with Gasteiger partial charge in [-0.15, -0.1) is 0 Å². The summed E-state index contributed by atoms with van der Waals surface area (Å²) in [6.45, 7) is -0.437. The lowest BCUT2D eigenvalue weighted by molar-refractivity contribution is -0.0457. The van der Waals surface area contributed by atoms with Crippen LogP contribution in [-0.4, -0.2) is 50.0 Å². The molecule has 7 nitrogen and oxygen atoms in total. The number of aliphatic hydroxyl groups is 2. The van der Waals surface area contributed by atoms with Crippen LogP contribution in [0.4, 0.5) is 10.2 Å². The van der Waals surface area contributed by atoms with Gasteiger partial charge in [-0.25, -0.2) is 4.39 Å². The van der Waals surface area contributed by atoms with Crippen LogP contribution in [-0.2, 0) is 4.74 Å². The molecule has 0 aromatic carbocycles. The lowest BCUT2D eigenvalue weighted by Gasteiger charge is -2.15. The minimum Gasteiger partial charge on any atom is -0.394 e. The van der Waals surface area contributed by atoms with E-state index >= 15 is 0 Å². The number of hydrogen-bond donors (Lipinski definition) is 4. The van der Waals surface area contributed by atoms with Crippen LogP contribution in [0, 0.1) is 0 Å². The number of H-pyrrole nitrogens is 1. The van der Waals surface area contributed by atoms with Crippen molar-refractivity contribution in [1.82, 2.24) is 14.8 Å². The fourth-order valence-corrected chi connectivity index (χ4v) is 2.24. The molecular weight excluding hydrogens is 243 g/mol. The summed E-state index contributed by atoms with van der Waals surface area (Å²) in [4.78, 5) is 0. The number of nitrogens with two attached hydrogens (primary N) is 1. The molecule has 0 spiro atoms. The lowest BCUT2D eigenvalue weighted by Crippen LogP contribution is -2.30. The standard InChI is InChI=1S/C10H13FN4O3/c11-6-7(17)5(3-16)18-10(6)15-2-1-4-8(12)13-14-9(4)15/h1-2,5-7,10,16-17H,3H2,(H3,12,13,14)/t5-,6?,7?,10-/m1/s1. The number of nitrogens with one attached hydrogen (secondary N) is 1. The van der Waals surface area contributed by atoms with Gasteiger partial charge in [0.25, 0.3) is 0 Å². The topological polar surface area (TPSA) is 109 Å². The number of halogens is 1. The number of nitrogen functional groups attached to an aromatic ring is 1. The Hall–Kier alpha value is -1.64. The molecular formula is C10H13FN4O3. The number of rotatable bonds is 2. The Morgan fingerprint density at radius 1 is 1.61 bits per heavy atom. The molecule has 2 unspecified atom stereocenters. The minimum atomic E-state index is -1.62. The van der Waals surface area contributed by atoms with Crippen molar-refractivity contribution in [3.05, 3.63) is 12.3 Å². The van der Waals surface area contributed by atoms with Crippen LogP contribution in [0.2, 0.25) is 0 Å². The predicted molar refractivity (Wildman–Crippen MR) is 60.4 cm³/mol. The summed E-state index contributed by atoms with van der Waals surface area (Å²) >= 11 is 0. The SMILES string of the molecule is Nc1n[nH]c2c1ccn2[C@@H]1O[C@H](CO)C(O)C1F. The maximum Gasteiger partial charge on any atom is 0.173 e. The van der Waals surface area contributed by atoms with E-state index in [0.717, 1.165) is 0 Å². The number of aromatic amines is 1. The van der Waals surface area contributed by atoms with Gasteiger partial charge in [-0.3, -0.25) is 5.10 Å². The first-order chi connectivity index (χ1) is 8.63. The van der Waals surface area contributed by atoms with E-state index in [1.165, 1.54) is 4.57 Å². The highest BCUT2D eigenvalue weighted by Gasteiger charge is 2.45. The Morgan fingerprint density at radius 2 is 2.39 bits per heavy atom. The molecule has 98 valence electrons. The van der Waals surface area contributed by atoms with Gasteiger partial charge in [0.05, 0.1) is 12.0 Å². The van der Waals surface area contributed by atoms with Crippen molar-refractivity contribution in [2.75, 3.05) is 12.3 Å². The highest BCUT2D eigenvalue weighted by Crippen LogP contribution is 2.34. The van der Waals surface area contributed by atoms with Crippen molar-refractivity contribution in [2.45, 2.75) is 24.6 Å². The van der Waals surface area contributed by atoms with Crippen molar-refractivity contribution in [2.24, 2.45) is 0 Å². The van der Waals surface area contributed by atoms with Crippen molar-refractivity contribution in [3.63, 3.8) is 0 Å². The Balaban J connectivity index is 2.00. The first-order valence-corrected chi connectivity index (χ1v) is 5.52. The number of hydrogen-bond acceptors (Lipinski definition) is 5. The van der Waals surface area contributed by atoms with Crippen LogP contribution in [0.25, 0.3) is 11.0 Å².